The highest BCUT2D eigenvalue weighted by atomic mass is 16.4. The van der Waals surface area contributed by atoms with Crippen LogP contribution < -0.4 is 0 Å². The predicted molar refractivity (Wildman–Crippen MR) is 89.9 cm³/mol. The summed E-state index contributed by atoms with van der Waals surface area (Å²) in [6.07, 6.45) is 5.21. The van der Waals surface area contributed by atoms with Crippen LogP contribution in [0.1, 0.15) is 41.8 Å². The first-order chi connectivity index (χ1) is 11.5. The summed E-state index contributed by atoms with van der Waals surface area (Å²) in [5, 5.41) is 8.02. The van der Waals surface area contributed by atoms with E-state index in [4.69, 9.17) is 4.42 Å². The third-order valence-electron chi connectivity index (χ3n) is 4.80. The van der Waals surface area contributed by atoms with Crippen LogP contribution in [0.2, 0.25) is 0 Å². The zero-order valence-electron chi connectivity index (χ0n) is 14.8. The van der Waals surface area contributed by atoms with Crippen molar-refractivity contribution in [2.45, 2.75) is 38.8 Å². The van der Waals surface area contributed by atoms with E-state index in [0.717, 1.165) is 24.2 Å². The van der Waals surface area contributed by atoms with E-state index in [-0.39, 0.29) is 18.0 Å². The third-order valence-corrected chi connectivity index (χ3v) is 4.80. The number of aromatic nitrogens is 3. The maximum atomic E-state index is 12.9. The van der Waals surface area contributed by atoms with Crippen LogP contribution in [0.3, 0.4) is 0 Å². The smallest absolute Gasteiger partial charge is 0.289 e. The van der Waals surface area contributed by atoms with Crippen LogP contribution in [0.25, 0.3) is 0 Å². The molecule has 0 radical (unpaired) electrons. The first-order valence-electron chi connectivity index (χ1n) is 8.48. The van der Waals surface area contributed by atoms with E-state index in [2.05, 4.69) is 22.1 Å². The van der Waals surface area contributed by atoms with Crippen molar-refractivity contribution in [2.24, 2.45) is 0 Å². The summed E-state index contributed by atoms with van der Waals surface area (Å²) in [7, 11) is 4.06. The molecule has 2 atom stereocenters. The lowest BCUT2D eigenvalue weighted by molar-refractivity contribution is 0.0747. The standard InChI is InChI=1S/C17H25N5O2/c1-5-12-9-16(24-15(12)6-2)17(23)21-10-13(20(3)4)14(11-21)22-8-7-18-19-22/h7-9,13-14H,5-6,10-11H2,1-4H3/t13-,14+/m1/s1. The Balaban J connectivity index is 1.82. The summed E-state index contributed by atoms with van der Waals surface area (Å²) in [4.78, 5) is 16.9. The maximum Gasteiger partial charge on any atom is 0.289 e. The van der Waals surface area contributed by atoms with Crippen molar-refractivity contribution in [2.75, 3.05) is 27.2 Å². The Morgan fingerprint density at radius 2 is 2.12 bits per heavy atom. The van der Waals surface area contributed by atoms with E-state index in [1.54, 1.807) is 6.20 Å². The molecule has 7 heteroatoms. The van der Waals surface area contributed by atoms with Gasteiger partial charge in [-0.05, 0) is 32.1 Å². The fraction of sp³-hybridized carbons (Fsp3) is 0.588. The minimum absolute atomic E-state index is 0.0427. The van der Waals surface area contributed by atoms with Crippen molar-refractivity contribution in [3.63, 3.8) is 0 Å². The Kier molecular flexibility index (Phi) is 4.71. The van der Waals surface area contributed by atoms with Crippen LogP contribution >= 0.6 is 0 Å². The number of likely N-dealkylation sites (N-methyl/N-ethyl adjacent to an activating group) is 1. The maximum absolute atomic E-state index is 12.9. The van der Waals surface area contributed by atoms with E-state index in [9.17, 15) is 4.79 Å². The Bertz CT molecular complexity index is 670. The van der Waals surface area contributed by atoms with Gasteiger partial charge in [-0.25, -0.2) is 4.68 Å². The van der Waals surface area contributed by atoms with Gasteiger partial charge in [0.2, 0.25) is 0 Å². The number of likely N-dealkylation sites (tertiary alicyclic amines) is 1. The predicted octanol–water partition coefficient (Wildman–Crippen LogP) is 1.62. The van der Waals surface area contributed by atoms with Crippen LogP contribution in [0.15, 0.2) is 22.9 Å². The molecule has 2 aromatic heterocycles. The quantitative estimate of drug-likeness (QED) is 0.833. The van der Waals surface area contributed by atoms with Gasteiger partial charge < -0.3 is 14.2 Å². The SMILES string of the molecule is CCc1cc(C(=O)N2C[C@@H](N(C)C)[C@@H](n3ccnn3)C2)oc1CC. The van der Waals surface area contributed by atoms with Gasteiger partial charge in [-0.15, -0.1) is 5.10 Å². The molecule has 0 aliphatic carbocycles. The Labute approximate surface area is 142 Å². The highest BCUT2D eigenvalue weighted by molar-refractivity contribution is 5.92. The van der Waals surface area contributed by atoms with Gasteiger partial charge >= 0.3 is 0 Å². The average Bonchev–Trinajstić information content (AvgIpc) is 3.30. The molecule has 130 valence electrons. The minimum atomic E-state index is -0.0427. The molecule has 7 nitrogen and oxygen atoms in total. The zero-order chi connectivity index (χ0) is 17.3. The van der Waals surface area contributed by atoms with Crippen molar-refractivity contribution >= 4 is 5.91 Å². The molecular formula is C17H25N5O2. The van der Waals surface area contributed by atoms with Crippen LogP contribution in [-0.4, -0.2) is 63.9 Å². The fourth-order valence-electron chi connectivity index (χ4n) is 3.42. The van der Waals surface area contributed by atoms with Crippen molar-refractivity contribution in [3.8, 4) is 0 Å². The molecule has 3 heterocycles. The van der Waals surface area contributed by atoms with Gasteiger partial charge in [0.1, 0.15) is 5.76 Å². The van der Waals surface area contributed by atoms with Gasteiger partial charge in [0, 0.05) is 25.7 Å². The summed E-state index contributed by atoms with van der Waals surface area (Å²) in [6.45, 7) is 5.39. The molecule has 0 aromatic carbocycles. The number of hydrogen-bond donors (Lipinski definition) is 0. The van der Waals surface area contributed by atoms with Gasteiger partial charge in [-0.3, -0.25) is 4.79 Å². The van der Waals surface area contributed by atoms with E-state index in [0.29, 0.717) is 18.8 Å². The van der Waals surface area contributed by atoms with Crippen molar-refractivity contribution in [3.05, 3.63) is 35.5 Å². The first-order valence-corrected chi connectivity index (χ1v) is 8.48. The summed E-state index contributed by atoms with van der Waals surface area (Å²) in [6, 6.07) is 2.19. The van der Waals surface area contributed by atoms with E-state index < -0.39 is 0 Å². The molecule has 2 aromatic rings. The van der Waals surface area contributed by atoms with Gasteiger partial charge in [-0.2, -0.15) is 0 Å². The molecule has 0 N–H and O–H groups in total. The average molecular weight is 331 g/mol. The highest BCUT2D eigenvalue weighted by Crippen LogP contribution is 2.27. The lowest BCUT2D eigenvalue weighted by Gasteiger charge is -2.24. The molecule has 0 saturated carbocycles. The molecule has 24 heavy (non-hydrogen) atoms. The lowest BCUT2D eigenvalue weighted by atomic mass is 10.1. The van der Waals surface area contributed by atoms with Gasteiger partial charge in [0.15, 0.2) is 5.76 Å². The number of nitrogens with zero attached hydrogens (tertiary/aromatic N) is 5. The van der Waals surface area contributed by atoms with Crippen molar-refractivity contribution in [1.82, 2.24) is 24.8 Å². The number of furan rings is 1. The summed E-state index contributed by atoms with van der Waals surface area (Å²) < 4.78 is 7.65. The number of carbonyl (C=O) groups excluding carboxylic acids is 1. The number of rotatable bonds is 5. The van der Waals surface area contributed by atoms with E-state index in [1.807, 2.05) is 42.9 Å². The molecular weight excluding hydrogens is 306 g/mol. The number of aryl methyl sites for hydroxylation is 2. The summed E-state index contributed by atoms with van der Waals surface area (Å²) >= 11 is 0. The molecule has 3 rings (SSSR count). The highest BCUT2D eigenvalue weighted by Gasteiger charge is 2.39. The molecule has 0 spiro atoms. The van der Waals surface area contributed by atoms with Crippen molar-refractivity contribution in [1.29, 1.82) is 0 Å². The molecule has 1 aliphatic heterocycles. The van der Waals surface area contributed by atoms with Crippen LogP contribution in [-0.2, 0) is 12.8 Å². The lowest BCUT2D eigenvalue weighted by Crippen LogP contribution is -2.37. The molecule has 1 amide bonds. The molecule has 0 bridgehead atoms. The largest absolute Gasteiger partial charge is 0.456 e. The molecule has 1 aliphatic rings. The van der Waals surface area contributed by atoms with Crippen molar-refractivity contribution < 1.29 is 9.21 Å². The van der Waals surface area contributed by atoms with Crippen LogP contribution in [0.5, 0.6) is 0 Å². The summed E-state index contributed by atoms with van der Waals surface area (Å²) in [5.41, 5.74) is 1.12. The van der Waals surface area contributed by atoms with E-state index in [1.165, 1.54) is 0 Å². The zero-order valence-corrected chi connectivity index (χ0v) is 14.8. The Morgan fingerprint density at radius 1 is 1.33 bits per heavy atom. The summed E-state index contributed by atoms with van der Waals surface area (Å²) in [5.74, 6) is 1.32. The number of carbonyl (C=O) groups is 1. The second-order valence-corrected chi connectivity index (χ2v) is 6.46. The second-order valence-electron chi connectivity index (χ2n) is 6.46. The third kappa shape index (κ3) is 2.96. The number of hydrogen-bond acceptors (Lipinski definition) is 5. The van der Waals surface area contributed by atoms with Gasteiger partial charge in [0.05, 0.1) is 18.3 Å². The fourth-order valence-corrected chi connectivity index (χ4v) is 3.42. The van der Waals surface area contributed by atoms with Crippen LogP contribution in [0, 0.1) is 0 Å². The first kappa shape index (κ1) is 16.7. The van der Waals surface area contributed by atoms with Crippen LogP contribution in [0.4, 0.5) is 0 Å². The van der Waals surface area contributed by atoms with E-state index >= 15 is 0 Å². The van der Waals surface area contributed by atoms with Gasteiger partial charge in [0.25, 0.3) is 5.91 Å². The number of amides is 1. The molecule has 0 unspecified atom stereocenters. The second kappa shape index (κ2) is 6.76. The molecule has 1 saturated heterocycles. The Morgan fingerprint density at radius 3 is 2.67 bits per heavy atom. The Hall–Kier alpha value is -2.15. The minimum Gasteiger partial charge on any atom is -0.456 e. The topological polar surface area (TPSA) is 67.4 Å². The molecule has 1 fully saturated rings. The normalized spacial score (nSPS) is 21.0. The monoisotopic (exact) mass is 331 g/mol. The van der Waals surface area contributed by atoms with Gasteiger partial charge in [-0.1, -0.05) is 19.1 Å².